The minimum absolute atomic E-state index is 0.102. The van der Waals surface area contributed by atoms with Crippen LogP contribution in [-0.4, -0.2) is 56.3 Å². The average molecular weight is 458 g/mol. The lowest BCUT2D eigenvalue weighted by Crippen LogP contribution is -2.49. The van der Waals surface area contributed by atoms with Gasteiger partial charge in [0.25, 0.3) is 5.56 Å². The Morgan fingerprint density at radius 2 is 1.71 bits per heavy atom. The number of pyridine rings is 1. The van der Waals surface area contributed by atoms with Crippen molar-refractivity contribution in [2.45, 2.75) is 39.3 Å². The number of aromatic nitrogens is 5. The van der Waals surface area contributed by atoms with E-state index in [0.29, 0.717) is 11.4 Å². The predicted molar refractivity (Wildman–Crippen MR) is 134 cm³/mol. The Balaban J connectivity index is 1.57. The number of nitrogens with zero attached hydrogens (tertiary/aromatic N) is 6. The van der Waals surface area contributed by atoms with Gasteiger partial charge >= 0.3 is 0 Å². The maximum absolute atomic E-state index is 13.4. The average Bonchev–Trinajstić information content (AvgIpc) is 3.31. The van der Waals surface area contributed by atoms with Gasteiger partial charge in [0, 0.05) is 42.9 Å². The molecule has 1 N–H and O–H groups in total. The Hall–Kier alpha value is -3.52. The van der Waals surface area contributed by atoms with E-state index >= 15 is 0 Å². The first kappa shape index (κ1) is 22.3. The van der Waals surface area contributed by atoms with Gasteiger partial charge in [0.15, 0.2) is 5.82 Å². The lowest BCUT2D eigenvalue weighted by Gasteiger charge is -2.40. The molecule has 1 fully saturated rings. The highest BCUT2D eigenvalue weighted by molar-refractivity contribution is 5.79. The largest absolute Gasteiger partial charge is 0.369 e. The smallest absolute Gasteiger partial charge is 0.253 e. The van der Waals surface area contributed by atoms with E-state index in [0.717, 1.165) is 42.6 Å². The molecule has 2 aromatic carbocycles. The number of H-pyrrole nitrogens is 1. The van der Waals surface area contributed by atoms with Crippen molar-refractivity contribution in [2.75, 3.05) is 31.1 Å². The molecule has 1 saturated heterocycles. The molecule has 2 aromatic heterocycles. The molecule has 1 aliphatic rings. The van der Waals surface area contributed by atoms with Crippen LogP contribution in [0.25, 0.3) is 10.9 Å². The highest BCUT2D eigenvalue weighted by Gasteiger charge is 2.35. The SMILES string of the molecule is Cc1ccc2[nH]c(=O)c([C@H](c3nnnn3C(C)(C)C)N3CCN(c4ccccc4)CC3)cc2c1. The van der Waals surface area contributed by atoms with Gasteiger partial charge in [-0.05, 0) is 73.8 Å². The Bertz CT molecular complexity index is 1350. The minimum Gasteiger partial charge on any atom is -0.369 e. The third-order valence-corrected chi connectivity index (χ3v) is 6.50. The van der Waals surface area contributed by atoms with E-state index in [1.165, 1.54) is 5.69 Å². The number of fused-ring (bicyclic) bond motifs is 1. The van der Waals surface area contributed by atoms with Crippen LogP contribution >= 0.6 is 0 Å². The number of benzene rings is 2. The fraction of sp³-hybridized carbons (Fsp3) is 0.385. The van der Waals surface area contributed by atoms with E-state index in [1.54, 1.807) is 0 Å². The molecule has 34 heavy (non-hydrogen) atoms. The number of anilines is 1. The van der Waals surface area contributed by atoms with E-state index in [2.05, 4.69) is 88.3 Å². The Kier molecular flexibility index (Phi) is 5.69. The first-order valence-corrected chi connectivity index (χ1v) is 11.8. The summed E-state index contributed by atoms with van der Waals surface area (Å²) in [7, 11) is 0. The van der Waals surface area contributed by atoms with Crippen molar-refractivity contribution in [1.82, 2.24) is 30.1 Å². The van der Waals surface area contributed by atoms with Crippen LogP contribution in [0.1, 0.15) is 43.8 Å². The van der Waals surface area contributed by atoms with Gasteiger partial charge in [-0.3, -0.25) is 9.69 Å². The molecule has 0 spiro atoms. The van der Waals surface area contributed by atoms with Crippen LogP contribution < -0.4 is 10.5 Å². The summed E-state index contributed by atoms with van der Waals surface area (Å²) in [5, 5.41) is 13.8. The number of rotatable bonds is 4. The van der Waals surface area contributed by atoms with Gasteiger partial charge in [-0.2, -0.15) is 0 Å². The number of aromatic amines is 1. The second-order valence-electron chi connectivity index (χ2n) is 10.0. The molecule has 5 rings (SSSR count). The topological polar surface area (TPSA) is 82.9 Å². The Labute approximate surface area is 199 Å². The van der Waals surface area contributed by atoms with Crippen molar-refractivity contribution < 1.29 is 0 Å². The highest BCUT2D eigenvalue weighted by atomic mass is 16.1. The van der Waals surface area contributed by atoms with E-state index in [-0.39, 0.29) is 17.1 Å². The van der Waals surface area contributed by atoms with E-state index < -0.39 is 0 Å². The van der Waals surface area contributed by atoms with Crippen molar-refractivity contribution in [2.24, 2.45) is 0 Å². The van der Waals surface area contributed by atoms with Crippen LogP contribution in [-0.2, 0) is 5.54 Å². The molecule has 0 saturated carbocycles. The molecule has 3 heterocycles. The lowest BCUT2D eigenvalue weighted by molar-refractivity contribution is 0.190. The zero-order valence-corrected chi connectivity index (χ0v) is 20.2. The van der Waals surface area contributed by atoms with Crippen molar-refractivity contribution in [3.63, 3.8) is 0 Å². The molecule has 0 bridgehead atoms. The second-order valence-corrected chi connectivity index (χ2v) is 10.0. The standard InChI is InChI=1S/C26H31N7O/c1-18-10-11-22-19(16-18)17-21(25(34)27-22)23(24-28-29-30-33(24)26(2,3)4)32-14-12-31(13-15-32)20-8-6-5-7-9-20/h5-11,16-17,23H,12-15H2,1-4H3,(H,27,34)/t23-/m1/s1. The van der Waals surface area contributed by atoms with Crippen LogP contribution in [0, 0.1) is 6.92 Å². The first-order valence-electron chi connectivity index (χ1n) is 11.8. The number of tetrazole rings is 1. The number of aryl methyl sites for hydroxylation is 1. The number of hydrogen-bond acceptors (Lipinski definition) is 6. The number of para-hydroxylation sites is 1. The van der Waals surface area contributed by atoms with Gasteiger partial charge in [-0.25, -0.2) is 4.68 Å². The van der Waals surface area contributed by atoms with Crippen LogP contribution in [0.2, 0.25) is 0 Å². The quantitative estimate of drug-likeness (QED) is 0.505. The summed E-state index contributed by atoms with van der Waals surface area (Å²) in [4.78, 5) is 21.2. The summed E-state index contributed by atoms with van der Waals surface area (Å²) < 4.78 is 1.85. The number of hydrogen-bond donors (Lipinski definition) is 1. The van der Waals surface area contributed by atoms with Gasteiger partial charge in [0.2, 0.25) is 0 Å². The second kappa shape index (κ2) is 8.68. The molecular weight excluding hydrogens is 426 g/mol. The lowest BCUT2D eigenvalue weighted by atomic mass is 10.0. The molecule has 0 amide bonds. The molecule has 0 radical (unpaired) electrons. The van der Waals surface area contributed by atoms with E-state index in [4.69, 9.17) is 0 Å². The molecule has 1 atom stereocenters. The van der Waals surface area contributed by atoms with E-state index in [9.17, 15) is 4.79 Å². The Morgan fingerprint density at radius 1 is 0.971 bits per heavy atom. The van der Waals surface area contributed by atoms with Crippen molar-refractivity contribution >= 4 is 16.6 Å². The first-order chi connectivity index (χ1) is 16.3. The van der Waals surface area contributed by atoms with Crippen molar-refractivity contribution in [1.29, 1.82) is 0 Å². The van der Waals surface area contributed by atoms with Crippen LogP contribution in [0.15, 0.2) is 59.4 Å². The van der Waals surface area contributed by atoms with E-state index in [1.807, 2.05) is 28.9 Å². The van der Waals surface area contributed by atoms with Crippen LogP contribution in [0.5, 0.6) is 0 Å². The summed E-state index contributed by atoms with van der Waals surface area (Å²) >= 11 is 0. The normalized spacial score (nSPS) is 16.2. The predicted octanol–water partition coefficient (Wildman–Crippen LogP) is 3.49. The molecule has 0 aliphatic carbocycles. The molecule has 1 aliphatic heterocycles. The fourth-order valence-corrected chi connectivity index (χ4v) is 4.76. The zero-order chi connectivity index (χ0) is 23.9. The van der Waals surface area contributed by atoms with Gasteiger partial charge < -0.3 is 9.88 Å². The molecular formula is C26H31N7O. The van der Waals surface area contributed by atoms with Crippen molar-refractivity contribution in [3.8, 4) is 0 Å². The summed E-state index contributed by atoms with van der Waals surface area (Å²) in [6.45, 7) is 11.6. The van der Waals surface area contributed by atoms with Gasteiger partial charge in [-0.15, -0.1) is 5.10 Å². The third kappa shape index (κ3) is 4.21. The summed E-state index contributed by atoms with van der Waals surface area (Å²) in [5.41, 5.74) is 3.46. The monoisotopic (exact) mass is 457 g/mol. The van der Waals surface area contributed by atoms with Gasteiger partial charge in [0.05, 0.1) is 5.54 Å². The fourth-order valence-electron chi connectivity index (χ4n) is 4.76. The zero-order valence-electron chi connectivity index (χ0n) is 20.2. The maximum Gasteiger partial charge on any atom is 0.253 e. The molecule has 176 valence electrons. The Morgan fingerprint density at radius 3 is 2.41 bits per heavy atom. The number of nitrogens with one attached hydrogen (secondary N) is 1. The molecule has 8 heteroatoms. The summed E-state index contributed by atoms with van der Waals surface area (Å²) in [6, 6.07) is 18.2. The third-order valence-electron chi connectivity index (χ3n) is 6.50. The minimum atomic E-state index is -0.346. The van der Waals surface area contributed by atoms with Gasteiger partial charge in [-0.1, -0.05) is 29.8 Å². The molecule has 0 unspecified atom stereocenters. The van der Waals surface area contributed by atoms with Crippen LogP contribution in [0.4, 0.5) is 5.69 Å². The van der Waals surface area contributed by atoms with Gasteiger partial charge in [0.1, 0.15) is 6.04 Å². The maximum atomic E-state index is 13.4. The van der Waals surface area contributed by atoms with Crippen LogP contribution in [0.3, 0.4) is 0 Å². The summed E-state index contributed by atoms with van der Waals surface area (Å²) in [6.07, 6.45) is 0. The summed E-state index contributed by atoms with van der Waals surface area (Å²) in [5.74, 6) is 0.693. The highest BCUT2D eigenvalue weighted by Crippen LogP contribution is 2.31. The number of piperazine rings is 1. The molecule has 4 aromatic rings. The van der Waals surface area contributed by atoms with Crippen molar-refractivity contribution in [3.05, 3.63) is 81.9 Å². The molecule has 8 nitrogen and oxygen atoms in total.